The van der Waals surface area contributed by atoms with Crippen molar-refractivity contribution in [2.45, 2.75) is 12.7 Å². The summed E-state index contributed by atoms with van der Waals surface area (Å²) < 4.78 is 16.0. The van der Waals surface area contributed by atoms with Gasteiger partial charge in [0.05, 0.1) is 18.8 Å². The maximum atomic E-state index is 11.7. The number of furan rings is 1. The number of ether oxygens (including phenoxy) is 2. The van der Waals surface area contributed by atoms with Crippen LogP contribution in [0.2, 0.25) is 0 Å². The quantitative estimate of drug-likeness (QED) is 0.700. The summed E-state index contributed by atoms with van der Waals surface area (Å²) >= 11 is 0. The van der Waals surface area contributed by atoms with Gasteiger partial charge in [-0.2, -0.15) is 0 Å². The molecule has 2 aliphatic heterocycles. The number of fused-ring (bicyclic) bond motifs is 1. The molecule has 15 heavy (non-hydrogen) atoms. The van der Waals surface area contributed by atoms with Crippen LogP contribution in [0.4, 0.5) is 0 Å². The van der Waals surface area contributed by atoms with E-state index in [1.807, 2.05) is 0 Å². The van der Waals surface area contributed by atoms with Crippen molar-refractivity contribution in [3.05, 3.63) is 30.2 Å². The van der Waals surface area contributed by atoms with Crippen LogP contribution in [0.15, 0.2) is 28.9 Å². The van der Waals surface area contributed by atoms with Crippen molar-refractivity contribution in [3.63, 3.8) is 0 Å². The lowest BCUT2D eigenvalue weighted by Crippen LogP contribution is -2.29. The minimum absolute atomic E-state index is 0.0650. The molecule has 1 aromatic heterocycles. The normalized spacial score (nSPS) is 29.6. The second-order valence-electron chi connectivity index (χ2n) is 3.64. The zero-order chi connectivity index (χ0) is 10.3. The van der Waals surface area contributed by atoms with Gasteiger partial charge in [-0.1, -0.05) is 0 Å². The second-order valence-corrected chi connectivity index (χ2v) is 3.64. The Morgan fingerprint density at radius 2 is 2.33 bits per heavy atom. The highest BCUT2D eigenvalue weighted by Gasteiger charge is 2.39. The third-order valence-corrected chi connectivity index (χ3v) is 2.69. The van der Waals surface area contributed by atoms with Gasteiger partial charge in [0.2, 0.25) is 6.29 Å². The van der Waals surface area contributed by atoms with Crippen molar-refractivity contribution in [2.75, 3.05) is 6.61 Å². The Bertz CT molecular complexity index is 404. The first-order valence-corrected chi connectivity index (χ1v) is 4.92. The van der Waals surface area contributed by atoms with E-state index in [9.17, 15) is 4.79 Å². The highest BCUT2D eigenvalue weighted by atomic mass is 16.7. The predicted octanol–water partition coefficient (Wildman–Crippen LogP) is 1.58. The molecule has 78 valence electrons. The van der Waals surface area contributed by atoms with Gasteiger partial charge in [0.1, 0.15) is 0 Å². The van der Waals surface area contributed by atoms with Gasteiger partial charge in [0, 0.05) is 6.08 Å². The molecule has 0 unspecified atom stereocenters. The van der Waals surface area contributed by atoms with Crippen LogP contribution in [0.3, 0.4) is 0 Å². The average Bonchev–Trinajstić information content (AvgIpc) is 2.88. The van der Waals surface area contributed by atoms with E-state index < -0.39 is 6.29 Å². The van der Waals surface area contributed by atoms with E-state index in [0.29, 0.717) is 18.1 Å². The van der Waals surface area contributed by atoms with Gasteiger partial charge in [-0.3, -0.25) is 4.79 Å². The number of carbonyl (C=O) groups excluding carboxylic acids is 1. The van der Waals surface area contributed by atoms with Crippen molar-refractivity contribution in [3.8, 4) is 0 Å². The van der Waals surface area contributed by atoms with E-state index in [1.165, 1.54) is 6.08 Å². The summed E-state index contributed by atoms with van der Waals surface area (Å²) in [5.41, 5.74) is 0. The fourth-order valence-corrected chi connectivity index (χ4v) is 1.90. The van der Waals surface area contributed by atoms with Crippen LogP contribution in [0.25, 0.3) is 5.76 Å². The molecule has 0 N–H and O–H groups in total. The van der Waals surface area contributed by atoms with Crippen LogP contribution in [-0.2, 0) is 14.3 Å². The van der Waals surface area contributed by atoms with Crippen LogP contribution >= 0.6 is 0 Å². The van der Waals surface area contributed by atoms with Gasteiger partial charge in [-0.05, 0) is 18.6 Å². The molecular formula is C11H10O4. The van der Waals surface area contributed by atoms with E-state index in [0.717, 1.165) is 6.42 Å². The van der Waals surface area contributed by atoms with Crippen LogP contribution < -0.4 is 0 Å². The smallest absolute Gasteiger partial charge is 0.210 e. The minimum atomic E-state index is -0.428. The third kappa shape index (κ3) is 1.37. The molecule has 0 bridgehead atoms. The van der Waals surface area contributed by atoms with Crippen LogP contribution in [0, 0.1) is 5.92 Å². The summed E-state index contributed by atoms with van der Waals surface area (Å²) in [6.07, 6.45) is 3.36. The first-order chi connectivity index (χ1) is 7.34. The molecule has 0 saturated carbocycles. The summed E-state index contributed by atoms with van der Waals surface area (Å²) in [6.45, 7) is 0.584. The molecule has 2 atom stereocenters. The Kier molecular flexibility index (Phi) is 1.89. The Morgan fingerprint density at radius 1 is 1.40 bits per heavy atom. The number of hydrogen-bond acceptors (Lipinski definition) is 4. The molecule has 0 amide bonds. The highest BCUT2D eigenvalue weighted by molar-refractivity contribution is 5.98. The third-order valence-electron chi connectivity index (χ3n) is 2.69. The van der Waals surface area contributed by atoms with Gasteiger partial charge in [0.15, 0.2) is 17.3 Å². The summed E-state index contributed by atoms with van der Waals surface area (Å²) in [7, 11) is 0. The molecule has 4 heteroatoms. The Labute approximate surface area is 86.5 Å². The Morgan fingerprint density at radius 3 is 3.13 bits per heavy atom. The first kappa shape index (κ1) is 8.73. The van der Waals surface area contributed by atoms with Crippen LogP contribution in [0.5, 0.6) is 0 Å². The maximum absolute atomic E-state index is 11.7. The molecule has 0 aliphatic carbocycles. The lowest BCUT2D eigenvalue weighted by Gasteiger charge is -2.23. The van der Waals surface area contributed by atoms with E-state index in [2.05, 4.69) is 0 Å². The number of rotatable bonds is 1. The van der Waals surface area contributed by atoms with Gasteiger partial charge in [-0.25, -0.2) is 0 Å². The summed E-state index contributed by atoms with van der Waals surface area (Å²) in [6, 6.07) is 3.51. The molecule has 0 radical (unpaired) electrons. The summed E-state index contributed by atoms with van der Waals surface area (Å²) in [5, 5.41) is 0. The average molecular weight is 206 g/mol. The number of carbonyl (C=O) groups is 1. The number of ketones is 1. The lowest BCUT2D eigenvalue weighted by molar-refractivity contribution is -0.133. The second kappa shape index (κ2) is 3.24. The Balaban J connectivity index is 1.93. The van der Waals surface area contributed by atoms with Crippen LogP contribution in [-0.4, -0.2) is 18.7 Å². The predicted molar refractivity (Wildman–Crippen MR) is 50.6 cm³/mol. The largest absolute Gasteiger partial charge is 0.461 e. The lowest BCUT2D eigenvalue weighted by atomic mass is 9.99. The van der Waals surface area contributed by atoms with Crippen molar-refractivity contribution < 1.29 is 18.7 Å². The minimum Gasteiger partial charge on any atom is -0.461 e. The van der Waals surface area contributed by atoms with Gasteiger partial charge in [0.25, 0.3) is 0 Å². The fraction of sp³-hybridized carbons (Fsp3) is 0.364. The van der Waals surface area contributed by atoms with Gasteiger partial charge >= 0.3 is 0 Å². The molecule has 1 aromatic rings. The molecule has 1 saturated heterocycles. The highest BCUT2D eigenvalue weighted by Crippen LogP contribution is 2.33. The summed E-state index contributed by atoms with van der Waals surface area (Å²) in [4.78, 5) is 11.7. The van der Waals surface area contributed by atoms with E-state index in [4.69, 9.17) is 13.9 Å². The van der Waals surface area contributed by atoms with Crippen molar-refractivity contribution >= 4 is 11.5 Å². The van der Waals surface area contributed by atoms with Gasteiger partial charge in [-0.15, -0.1) is 0 Å². The molecule has 0 aromatic carbocycles. The monoisotopic (exact) mass is 206 g/mol. The van der Waals surface area contributed by atoms with Gasteiger partial charge < -0.3 is 13.9 Å². The molecule has 1 fully saturated rings. The molecule has 3 rings (SSSR count). The Hall–Kier alpha value is -1.55. The van der Waals surface area contributed by atoms with E-state index in [-0.39, 0.29) is 11.7 Å². The number of allylic oxidation sites excluding steroid dienone is 1. The molecule has 4 nitrogen and oxygen atoms in total. The molecule has 3 heterocycles. The zero-order valence-electron chi connectivity index (χ0n) is 8.01. The first-order valence-electron chi connectivity index (χ1n) is 4.92. The van der Waals surface area contributed by atoms with Crippen molar-refractivity contribution in [2.24, 2.45) is 5.92 Å². The molecule has 0 spiro atoms. The maximum Gasteiger partial charge on any atom is 0.210 e. The fourth-order valence-electron chi connectivity index (χ4n) is 1.90. The molecule has 2 aliphatic rings. The molecular weight excluding hydrogens is 196 g/mol. The SMILES string of the molecule is O=C1C=C(c2ccco2)O[C@H]2OCC[C@@H]12. The van der Waals surface area contributed by atoms with Crippen molar-refractivity contribution in [1.29, 1.82) is 0 Å². The van der Waals surface area contributed by atoms with Crippen LogP contribution in [0.1, 0.15) is 12.2 Å². The van der Waals surface area contributed by atoms with Crippen molar-refractivity contribution in [1.82, 2.24) is 0 Å². The van der Waals surface area contributed by atoms with E-state index >= 15 is 0 Å². The van der Waals surface area contributed by atoms with E-state index in [1.54, 1.807) is 18.4 Å². The summed E-state index contributed by atoms with van der Waals surface area (Å²) in [5.74, 6) is 0.962. The topological polar surface area (TPSA) is 48.7 Å². The zero-order valence-corrected chi connectivity index (χ0v) is 8.01. The standard InChI is InChI=1S/C11H10O4/c12-8-6-10(9-2-1-4-13-9)15-11-7(8)3-5-14-11/h1-2,4,6-7,11H,3,5H2/t7-,11+/m0/s1. The number of hydrogen-bond donors (Lipinski definition) is 0.